The average Bonchev–Trinajstić information content (AvgIpc) is 2.24. The molecule has 0 saturated heterocycles. The lowest BCUT2D eigenvalue weighted by Crippen LogP contribution is -2.58. The minimum Gasteiger partial charge on any atom is -0.497 e. The largest absolute Gasteiger partial charge is 0.497 e. The van der Waals surface area contributed by atoms with Crippen LogP contribution in [0, 0.1) is 0 Å². The van der Waals surface area contributed by atoms with Crippen LogP contribution in [-0.2, 0) is 0 Å². The highest BCUT2D eigenvalue weighted by Gasteiger charge is 2.58. The lowest BCUT2D eigenvalue weighted by molar-refractivity contribution is 0.414. The summed E-state index contributed by atoms with van der Waals surface area (Å²) in [5.74, 6) is 0.615. The normalized spacial score (nSPS) is 13.6. The lowest BCUT2D eigenvalue weighted by Gasteiger charge is -2.44. The van der Waals surface area contributed by atoms with E-state index in [1.54, 1.807) is 25.6 Å². The Morgan fingerprint density at radius 1 is 1.11 bits per heavy atom. The van der Waals surface area contributed by atoms with Crippen molar-refractivity contribution < 1.29 is 8.84 Å². The Bertz CT molecular complexity index is 407. The van der Waals surface area contributed by atoms with Gasteiger partial charge in [-0.2, -0.15) is 0 Å². The number of hydrogen-bond donors (Lipinski definition) is 0. The molecule has 0 unspecified atom stereocenters. The molecule has 0 aliphatic rings. The van der Waals surface area contributed by atoms with Crippen molar-refractivity contribution in [3.05, 3.63) is 18.5 Å². The Balaban J connectivity index is 3.56. The van der Waals surface area contributed by atoms with Crippen molar-refractivity contribution in [3.8, 4) is 5.75 Å². The SMILES string of the molecule is COc1ccncc1[Si](F)(C(C)(C)C)C(C)(C)C. The fourth-order valence-electron chi connectivity index (χ4n) is 2.75. The van der Waals surface area contributed by atoms with E-state index in [9.17, 15) is 0 Å². The molecule has 1 aromatic heterocycles. The highest BCUT2D eigenvalue weighted by molar-refractivity contribution is 6.91. The third-order valence-corrected chi connectivity index (χ3v) is 8.69. The quantitative estimate of drug-likeness (QED) is 0.601. The molecule has 0 bridgehead atoms. The van der Waals surface area contributed by atoms with Gasteiger partial charge < -0.3 is 8.84 Å². The Labute approximate surface area is 111 Å². The van der Waals surface area contributed by atoms with Crippen molar-refractivity contribution in [2.24, 2.45) is 0 Å². The summed E-state index contributed by atoms with van der Waals surface area (Å²) >= 11 is 0. The second-order valence-corrected chi connectivity index (χ2v) is 11.6. The fourth-order valence-corrected chi connectivity index (χ4v) is 7.39. The predicted octanol–water partition coefficient (Wildman–Crippen LogP) is 3.81. The first-order chi connectivity index (χ1) is 8.05. The Hall–Kier alpha value is -0.903. The summed E-state index contributed by atoms with van der Waals surface area (Å²) in [5.41, 5.74) is 0. The molecule has 18 heavy (non-hydrogen) atoms. The molecule has 0 aliphatic heterocycles. The Morgan fingerprint density at radius 3 is 2.00 bits per heavy atom. The van der Waals surface area contributed by atoms with Crippen LogP contribution in [-0.4, -0.2) is 20.5 Å². The second kappa shape index (κ2) is 4.65. The third-order valence-electron chi connectivity index (χ3n) is 3.44. The molecule has 0 fully saturated rings. The van der Waals surface area contributed by atoms with Crippen LogP contribution in [0.5, 0.6) is 5.75 Å². The lowest BCUT2D eigenvalue weighted by atomic mass is 10.2. The zero-order chi connectivity index (χ0) is 14.2. The van der Waals surface area contributed by atoms with Gasteiger partial charge in [0, 0.05) is 17.6 Å². The maximum absolute atomic E-state index is 16.0. The van der Waals surface area contributed by atoms with Crippen molar-refractivity contribution >= 4 is 13.6 Å². The van der Waals surface area contributed by atoms with Gasteiger partial charge in [0.25, 0.3) is 8.41 Å². The van der Waals surface area contributed by atoms with E-state index in [0.29, 0.717) is 10.9 Å². The summed E-state index contributed by atoms with van der Waals surface area (Å²) in [6.45, 7) is 11.8. The van der Waals surface area contributed by atoms with Crippen LogP contribution in [0.25, 0.3) is 0 Å². The topological polar surface area (TPSA) is 22.1 Å². The maximum atomic E-state index is 16.0. The number of pyridine rings is 1. The summed E-state index contributed by atoms with van der Waals surface area (Å²) in [6, 6.07) is 1.74. The Morgan fingerprint density at radius 2 is 1.61 bits per heavy atom. The molecule has 1 aromatic rings. The van der Waals surface area contributed by atoms with Crippen molar-refractivity contribution in [2.45, 2.75) is 51.6 Å². The molecule has 0 atom stereocenters. The van der Waals surface area contributed by atoms with Gasteiger partial charge in [-0.15, -0.1) is 0 Å². The summed E-state index contributed by atoms with van der Waals surface area (Å²) in [5, 5.41) is -0.171. The number of hydrogen-bond acceptors (Lipinski definition) is 2. The average molecular weight is 269 g/mol. The van der Waals surface area contributed by atoms with Crippen molar-refractivity contribution in [1.82, 2.24) is 4.98 Å². The molecule has 0 radical (unpaired) electrons. The van der Waals surface area contributed by atoms with Gasteiger partial charge in [0.05, 0.1) is 7.11 Å². The molecule has 4 heteroatoms. The van der Waals surface area contributed by atoms with E-state index >= 15 is 4.11 Å². The van der Waals surface area contributed by atoms with Crippen LogP contribution >= 0.6 is 0 Å². The zero-order valence-electron chi connectivity index (χ0n) is 12.5. The van der Waals surface area contributed by atoms with E-state index in [0.717, 1.165) is 0 Å². The highest BCUT2D eigenvalue weighted by Crippen LogP contribution is 2.52. The number of ether oxygens (including phenoxy) is 1. The van der Waals surface area contributed by atoms with Gasteiger partial charge in [0.2, 0.25) is 0 Å². The van der Waals surface area contributed by atoms with Gasteiger partial charge in [0.15, 0.2) is 0 Å². The smallest absolute Gasteiger partial charge is 0.293 e. The molecule has 0 saturated carbocycles. The molecular formula is C14H24FNOSi. The Kier molecular flexibility index (Phi) is 3.91. The van der Waals surface area contributed by atoms with Crippen molar-refractivity contribution in [3.63, 3.8) is 0 Å². The molecule has 0 N–H and O–H groups in total. The summed E-state index contributed by atoms with van der Waals surface area (Å²) in [7, 11) is -1.70. The van der Waals surface area contributed by atoms with Crippen molar-refractivity contribution in [1.29, 1.82) is 0 Å². The fraction of sp³-hybridized carbons (Fsp3) is 0.643. The molecule has 102 valence electrons. The predicted molar refractivity (Wildman–Crippen MR) is 76.7 cm³/mol. The van der Waals surface area contributed by atoms with Gasteiger partial charge >= 0.3 is 0 Å². The van der Waals surface area contributed by atoms with E-state index in [1.165, 1.54) is 0 Å². The highest BCUT2D eigenvalue weighted by atomic mass is 28.4. The standard InChI is InChI=1S/C14H24FNOSi/c1-13(2,3)18(15,14(4,5)6)12-10-16-9-8-11(12)17-7/h8-10H,1-7H3. The number of halogens is 1. The van der Waals surface area contributed by atoms with Crippen LogP contribution in [0.1, 0.15) is 41.5 Å². The van der Waals surface area contributed by atoms with Crippen LogP contribution in [0.3, 0.4) is 0 Å². The molecule has 1 rings (SSSR count). The molecule has 0 spiro atoms. The van der Waals surface area contributed by atoms with Gasteiger partial charge in [-0.05, 0) is 16.1 Å². The van der Waals surface area contributed by atoms with E-state index in [2.05, 4.69) is 4.98 Å². The first kappa shape index (κ1) is 15.2. The van der Waals surface area contributed by atoms with E-state index in [1.807, 2.05) is 41.5 Å². The molecule has 0 amide bonds. The van der Waals surface area contributed by atoms with Crippen LogP contribution < -0.4 is 9.92 Å². The first-order valence-corrected chi connectivity index (χ1v) is 8.11. The van der Waals surface area contributed by atoms with Crippen LogP contribution in [0.4, 0.5) is 4.11 Å². The van der Waals surface area contributed by atoms with Crippen molar-refractivity contribution in [2.75, 3.05) is 7.11 Å². The van der Waals surface area contributed by atoms with Gasteiger partial charge in [-0.25, -0.2) is 0 Å². The molecular weight excluding hydrogens is 245 g/mol. The van der Waals surface area contributed by atoms with E-state index in [4.69, 9.17) is 4.74 Å². The van der Waals surface area contributed by atoms with E-state index < -0.39 is 18.5 Å². The van der Waals surface area contributed by atoms with Crippen LogP contribution in [0.2, 0.25) is 10.1 Å². The summed E-state index contributed by atoms with van der Waals surface area (Å²) in [4.78, 5) is 4.10. The van der Waals surface area contributed by atoms with Gasteiger partial charge in [-0.3, -0.25) is 4.98 Å². The summed E-state index contributed by atoms with van der Waals surface area (Å²) in [6.07, 6.45) is 3.28. The van der Waals surface area contributed by atoms with Gasteiger partial charge in [-0.1, -0.05) is 41.5 Å². The number of aromatic nitrogens is 1. The van der Waals surface area contributed by atoms with E-state index in [-0.39, 0.29) is 0 Å². The maximum Gasteiger partial charge on any atom is 0.293 e. The first-order valence-electron chi connectivity index (χ1n) is 6.23. The third kappa shape index (κ3) is 2.30. The number of nitrogens with zero attached hydrogens (tertiary/aromatic N) is 1. The second-order valence-electron chi connectivity index (χ2n) is 6.73. The molecule has 1 heterocycles. The summed E-state index contributed by atoms with van der Waals surface area (Å²) < 4.78 is 21.3. The minimum absolute atomic E-state index is 0.415. The number of methoxy groups -OCH3 is 1. The molecule has 0 aromatic carbocycles. The minimum atomic E-state index is -3.28. The van der Waals surface area contributed by atoms with Crippen LogP contribution in [0.15, 0.2) is 18.5 Å². The molecule has 0 aliphatic carbocycles. The number of rotatable bonds is 2. The molecule has 2 nitrogen and oxygen atoms in total. The van der Waals surface area contributed by atoms with Gasteiger partial charge in [0.1, 0.15) is 5.75 Å². The zero-order valence-corrected chi connectivity index (χ0v) is 13.5. The monoisotopic (exact) mass is 269 g/mol.